The van der Waals surface area contributed by atoms with Crippen molar-refractivity contribution in [2.75, 3.05) is 20.3 Å². The van der Waals surface area contributed by atoms with Gasteiger partial charge in [0.25, 0.3) is 0 Å². The van der Waals surface area contributed by atoms with Gasteiger partial charge in [-0.1, -0.05) is 18.5 Å². The van der Waals surface area contributed by atoms with Gasteiger partial charge in [0, 0.05) is 23.2 Å². The van der Waals surface area contributed by atoms with Crippen LogP contribution < -0.4 is 20.5 Å². The largest absolute Gasteiger partial charge is 0.493 e. The molecule has 0 aliphatic carbocycles. The summed E-state index contributed by atoms with van der Waals surface area (Å²) in [6.07, 6.45) is 0.159. The summed E-state index contributed by atoms with van der Waals surface area (Å²) in [5.41, 5.74) is 5.97. The third kappa shape index (κ3) is 4.96. The first-order valence-electron chi connectivity index (χ1n) is 6.06. The molecule has 0 spiro atoms. The molecule has 3 N–H and O–H groups in total. The van der Waals surface area contributed by atoms with Gasteiger partial charge in [0.05, 0.1) is 20.1 Å². The fourth-order valence-electron chi connectivity index (χ4n) is 1.58. The van der Waals surface area contributed by atoms with Crippen molar-refractivity contribution in [3.8, 4) is 11.5 Å². The van der Waals surface area contributed by atoms with E-state index in [-0.39, 0.29) is 13.0 Å². The quantitative estimate of drug-likeness (QED) is 0.763. The highest BCUT2D eigenvalue weighted by atomic mass is 35.5. The summed E-state index contributed by atoms with van der Waals surface area (Å²) in [4.78, 5) is 10.7. The molecule has 0 saturated carbocycles. The van der Waals surface area contributed by atoms with E-state index in [1.165, 1.54) is 0 Å². The van der Waals surface area contributed by atoms with Crippen molar-refractivity contribution < 1.29 is 14.3 Å². The van der Waals surface area contributed by atoms with Gasteiger partial charge in [-0.05, 0) is 12.6 Å². The number of nitrogens with two attached hydrogens (primary N) is 1. The highest BCUT2D eigenvalue weighted by Crippen LogP contribution is 2.34. The molecule has 0 heterocycles. The molecule has 1 amide bonds. The number of rotatable bonds is 8. The Morgan fingerprint density at radius 1 is 1.47 bits per heavy atom. The van der Waals surface area contributed by atoms with Gasteiger partial charge >= 0.3 is 0 Å². The molecule has 1 rings (SSSR count). The van der Waals surface area contributed by atoms with E-state index < -0.39 is 5.91 Å². The molecule has 0 aliphatic heterocycles. The average molecular weight is 287 g/mol. The normalized spacial score (nSPS) is 10.3. The Morgan fingerprint density at radius 3 is 2.79 bits per heavy atom. The summed E-state index contributed by atoms with van der Waals surface area (Å²) in [5, 5.41) is 3.77. The number of carbonyl (C=O) groups excluding carboxylic acids is 1. The first kappa shape index (κ1) is 15.6. The second-order valence-corrected chi connectivity index (χ2v) is 4.38. The lowest BCUT2D eigenvalue weighted by Crippen LogP contribution is -2.17. The smallest absolute Gasteiger partial charge is 0.220 e. The summed E-state index contributed by atoms with van der Waals surface area (Å²) in [5.74, 6) is 0.736. The van der Waals surface area contributed by atoms with Crippen molar-refractivity contribution in [2.24, 2.45) is 5.73 Å². The van der Waals surface area contributed by atoms with Crippen LogP contribution in [0.15, 0.2) is 12.1 Å². The van der Waals surface area contributed by atoms with E-state index in [9.17, 15) is 4.79 Å². The molecule has 1 aromatic rings. The van der Waals surface area contributed by atoms with Gasteiger partial charge in [-0.3, -0.25) is 4.79 Å². The summed E-state index contributed by atoms with van der Waals surface area (Å²) in [6.45, 7) is 3.66. The van der Waals surface area contributed by atoms with Crippen LogP contribution in [-0.4, -0.2) is 26.2 Å². The third-order valence-corrected chi connectivity index (χ3v) is 2.69. The lowest BCUT2D eigenvalue weighted by molar-refractivity contribution is -0.118. The lowest BCUT2D eigenvalue weighted by Gasteiger charge is -2.15. The van der Waals surface area contributed by atoms with Gasteiger partial charge in [0.2, 0.25) is 5.91 Å². The van der Waals surface area contributed by atoms with E-state index in [1.54, 1.807) is 13.2 Å². The highest BCUT2D eigenvalue weighted by Gasteiger charge is 2.13. The Kier molecular flexibility index (Phi) is 6.45. The van der Waals surface area contributed by atoms with E-state index in [4.69, 9.17) is 26.8 Å². The molecular weight excluding hydrogens is 268 g/mol. The molecule has 0 aromatic heterocycles. The number of ether oxygens (including phenoxy) is 2. The Bertz CT molecular complexity index is 438. The Hall–Kier alpha value is -1.46. The van der Waals surface area contributed by atoms with E-state index in [2.05, 4.69) is 5.32 Å². The molecule has 0 bridgehead atoms. The van der Waals surface area contributed by atoms with Gasteiger partial charge < -0.3 is 20.5 Å². The van der Waals surface area contributed by atoms with Crippen LogP contribution in [0.25, 0.3) is 0 Å². The number of primary amides is 1. The Labute approximate surface area is 118 Å². The minimum Gasteiger partial charge on any atom is -0.493 e. The van der Waals surface area contributed by atoms with Crippen molar-refractivity contribution >= 4 is 17.5 Å². The fourth-order valence-corrected chi connectivity index (χ4v) is 1.81. The SMILES string of the molecule is CCNCc1cc(Cl)cc(OC)c1OCCC(N)=O. The Balaban J connectivity index is 2.91. The first-order valence-corrected chi connectivity index (χ1v) is 6.44. The number of nitrogens with one attached hydrogen (secondary N) is 1. The zero-order valence-corrected chi connectivity index (χ0v) is 11.9. The number of benzene rings is 1. The van der Waals surface area contributed by atoms with Crippen LogP contribution in [0.1, 0.15) is 18.9 Å². The zero-order chi connectivity index (χ0) is 14.3. The first-order chi connectivity index (χ1) is 9.08. The van der Waals surface area contributed by atoms with Crippen molar-refractivity contribution in [2.45, 2.75) is 19.9 Å². The van der Waals surface area contributed by atoms with Crippen molar-refractivity contribution in [3.05, 3.63) is 22.7 Å². The Morgan fingerprint density at radius 2 is 2.21 bits per heavy atom. The summed E-state index contributed by atoms with van der Waals surface area (Å²) >= 11 is 6.03. The number of halogens is 1. The molecule has 0 radical (unpaired) electrons. The maximum absolute atomic E-state index is 10.7. The molecule has 0 aliphatic rings. The van der Waals surface area contributed by atoms with Gasteiger partial charge in [0.15, 0.2) is 11.5 Å². The second kappa shape index (κ2) is 7.86. The maximum Gasteiger partial charge on any atom is 0.220 e. The minimum absolute atomic E-state index is 0.159. The van der Waals surface area contributed by atoms with E-state index in [0.717, 1.165) is 12.1 Å². The third-order valence-electron chi connectivity index (χ3n) is 2.48. The maximum atomic E-state index is 10.7. The predicted octanol–water partition coefficient (Wildman–Crippen LogP) is 1.71. The standard InChI is InChI=1S/C13H19ClN2O3/c1-3-16-8-9-6-10(14)7-11(18-2)13(9)19-5-4-12(15)17/h6-7,16H,3-5,8H2,1-2H3,(H2,15,17). The summed E-state index contributed by atoms with van der Waals surface area (Å²) in [6, 6.07) is 3.49. The van der Waals surface area contributed by atoms with Crippen LogP contribution >= 0.6 is 11.6 Å². The molecule has 6 heteroatoms. The van der Waals surface area contributed by atoms with Crippen molar-refractivity contribution in [1.29, 1.82) is 0 Å². The second-order valence-electron chi connectivity index (χ2n) is 3.94. The van der Waals surface area contributed by atoms with Crippen LogP contribution in [0.2, 0.25) is 5.02 Å². The summed E-state index contributed by atoms with van der Waals surface area (Å²) < 4.78 is 10.8. The fraction of sp³-hybridized carbons (Fsp3) is 0.462. The van der Waals surface area contributed by atoms with Crippen molar-refractivity contribution in [3.63, 3.8) is 0 Å². The van der Waals surface area contributed by atoms with Crippen molar-refractivity contribution in [1.82, 2.24) is 5.32 Å². The summed E-state index contributed by atoms with van der Waals surface area (Å²) in [7, 11) is 1.55. The van der Waals surface area contributed by atoms with E-state index in [1.807, 2.05) is 13.0 Å². The van der Waals surface area contributed by atoms with Crippen LogP contribution in [0, 0.1) is 0 Å². The number of amides is 1. The van der Waals surface area contributed by atoms with Crippen LogP contribution in [0.4, 0.5) is 0 Å². The van der Waals surface area contributed by atoms with Gasteiger partial charge in [-0.15, -0.1) is 0 Å². The number of hydrogen-bond acceptors (Lipinski definition) is 4. The van der Waals surface area contributed by atoms with Gasteiger partial charge in [-0.25, -0.2) is 0 Å². The van der Waals surface area contributed by atoms with E-state index >= 15 is 0 Å². The molecule has 0 atom stereocenters. The molecule has 0 fully saturated rings. The average Bonchev–Trinajstić information content (AvgIpc) is 2.37. The van der Waals surface area contributed by atoms with Crippen LogP contribution in [0.5, 0.6) is 11.5 Å². The molecule has 0 unspecified atom stereocenters. The minimum atomic E-state index is -0.402. The monoisotopic (exact) mass is 286 g/mol. The molecule has 5 nitrogen and oxygen atoms in total. The number of carbonyl (C=O) groups is 1. The van der Waals surface area contributed by atoms with Crippen LogP contribution in [-0.2, 0) is 11.3 Å². The molecule has 106 valence electrons. The molecule has 1 aromatic carbocycles. The number of methoxy groups -OCH3 is 1. The molecular formula is C13H19ClN2O3. The predicted molar refractivity (Wildman–Crippen MR) is 74.7 cm³/mol. The van der Waals surface area contributed by atoms with E-state index in [0.29, 0.717) is 23.1 Å². The molecule has 19 heavy (non-hydrogen) atoms. The number of hydrogen-bond donors (Lipinski definition) is 2. The lowest BCUT2D eigenvalue weighted by atomic mass is 10.2. The van der Waals surface area contributed by atoms with Gasteiger partial charge in [-0.2, -0.15) is 0 Å². The van der Waals surface area contributed by atoms with Crippen LogP contribution in [0.3, 0.4) is 0 Å². The topological polar surface area (TPSA) is 73.6 Å². The zero-order valence-electron chi connectivity index (χ0n) is 11.2. The molecule has 0 saturated heterocycles. The highest BCUT2D eigenvalue weighted by molar-refractivity contribution is 6.30. The van der Waals surface area contributed by atoms with Gasteiger partial charge in [0.1, 0.15) is 0 Å².